The van der Waals surface area contributed by atoms with Gasteiger partial charge in [0, 0.05) is 12.1 Å². The zero-order chi connectivity index (χ0) is 13.8. The van der Waals surface area contributed by atoms with E-state index < -0.39 is 0 Å². The second kappa shape index (κ2) is 5.88. The maximum absolute atomic E-state index is 11.9. The Labute approximate surface area is 117 Å². The SMILES string of the molecule is CCc1ccc(COC(=O)C2=C(C)NC(=S)NC2)o1. The minimum atomic E-state index is -0.366. The number of rotatable bonds is 4. The number of carbonyl (C=O) groups is 1. The largest absolute Gasteiger partial charge is 0.462 e. The zero-order valence-corrected chi connectivity index (χ0v) is 11.7. The Hall–Kier alpha value is -1.82. The molecule has 0 aliphatic carbocycles. The first-order valence-corrected chi connectivity index (χ1v) is 6.50. The van der Waals surface area contributed by atoms with Crippen molar-refractivity contribution in [3.05, 3.63) is 34.9 Å². The molecule has 0 aromatic carbocycles. The van der Waals surface area contributed by atoms with Gasteiger partial charge < -0.3 is 19.8 Å². The van der Waals surface area contributed by atoms with Gasteiger partial charge in [0.1, 0.15) is 18.1 Å². The summed E-state index contributed by atoms with van der Waals surface area (Å²) < 4.78 is 10.7. The lowest BCUT2D eigenvalue weighted by Gasteiger charge is -2.20. The van der Waals surface area contributed by atoms with Crippen LogP contribution in [0.5, 0.6) is 0 Å². The fraction of sp³-hybridized carbons (Fsp3) is 0.385. The molecule has 0 amide bonds. The molecule has 1 aliphatic heterocycles. The number of furan rings is 1. The number of aryl methyl sites for hydroxylation is 1. The highest BCUT2D eigenvalue weighted by Crippen LogP contribution is 2.12. The molecule has 0 spiro atoms. The Morgan fingerprint density at radius 3 is 2.84 bits per heavy atom. The number of allylic oxidation sites excluding steroid dienone is 1. The highest BCUT2D eigenvalue weighted by atomic mass is 32.1. The van der Waals surface area contributed by atoms with Crippen LogP contribution in [0.2, 0.25) is 0 Å². The summed E-state index contributed by atoms with van der Waals surface area (Å²) in [6, 6.07) is 3.70. The fourth-order valence-electron chi connectivity index (χ4n) is 1.73. The van der Waals surface area contributed by atoms with Crippen LogP contribution in [-0.4, -0.2) is 17.6 Å². The number of thiocarbonyl (C=S) groups is 1. The summed E-state index contributed by atoms with van der Waals surface area (Å²) in [6.07, 6.45) is 0.823. The molecule has 1 aromatic rings. The van der Waals surface area contributed by atoms with Crippen LogP contribution in [0.1, 0.15) is 25.4 Å². The van der Waals surface area contributed by atoms with E-state index in [-0.39, 0.29) is 12.6 Å². The van der Waals surface area contributed by atoms with Gasteiger partial charge in [-0.1, -0.05) is 6.92 Å². The highest BCUT2D eigenvalue weighted by Gasteiger charge is 2.19. The minimum Gasteiger partial charge on any atom is -0.462 e. The van der Waals surface area contributed by atoms with E-state index in [2.05, 4.69) is 10.6 Å². The van der Waals surface area contributed by atoms with Crippen LogP contribution < -0.4 is 10.6 Å². The van der Waals surface area contributed by atoms with E-state index in [1.54, 1.807) is 6.92 Å². The standard InChI is InChI=1S/C13H16N2O3S/c1-3-9-4-5-10(18-9)7-17-12(16)11-6-14-13(19)15-8(11)2/h4-5H,3,6-7H2,1-2H3,(H2,14,15,19). The summed E-state index contributed by atoms with van der Waals surface area (Å²) in [5.74, 6) is 1.16. The summed E-state index contributed by atoms with van der Waals surface area (Å²) in [4.78, 5) is 11.9. The van der Waals surface area contributed by atoms with Gasteiger partial charge in [-0.25, -0.2) is 4.79 Å². The van der Waals surface area contributed by atoms with Gasteiger partial charge in [-0.3, -0.25) is 0 Å². The average Bonchev–Trinajstić information content (AvgIpc) is 2.84. The molecule has 1 aliphatic rings. The molecule has 2 N–H and O–H groups in total. The highest BCUT2D eigenvalue weighted by molar-refractivity contribution is 7.80. The van der Waals surface area contributed by atoms with Crippen molar-refractivity contribution in [3.63, 3.8) is 0 Å². The second-order valence-corrected chi connectivity index (χ2v) is 4.62. The molecular weight excluding hydrogens is 264 g/mol. The van der Waals surface area contributed by atoms with Crippen molar-refractivity contribution >= 4 is 23.3 Å². The maximum atomic E-state index is 11.9. The lowest BCUT2D eigenvalue weighted by atomic mass is 10.2. The molecule has 0 atom stereocenters. The Kier molecular flexibility index (Phi) is 4.21. The van der Waals surface area contributed by atoms with E-state index >= 15 is 0 Å². The van der Waals surface area contributed by atoms with Gasteiger partial charge in [0.2, 0.25) is 0 Å². The molecule has 5 nitrogen and oxygen atoms in total. The van der Waals surface area contributed by atoms with Crippen molar-refractivity contribution in [1.82, 2.24) is 10.6 Å². The third kappa shape index (κ3) is 3.35. The van der Waals surface area contributed by atoms with E-state index in [9.17, 15) is 4.79 Å². The molecule has 2 rings (SSSR count). The molecule has 0 unspecified atom stereocenters. The van der Waals surface area contributed by atoms with Gasteiger partial charge in [-0.15, -0.1) is 0 Å². The quantitative estimate of drug-likeness (QED) is 0.646. The van der Waals surface area contributed by atoms with Crippen LogP contribution >= 0.6 is 12.2 Å². The normalized spacial score (nSPS) is 14.9. The number of ether oxygens (including phenoxy) is 1. The van der Waals surface area contributed by atoms with Crippen LogP contribution in [0.3, 0.4) is 0 Å². The third-order valence-corrected chi connectivity index (χ3v) is 3.08. The summed E-state index contributed by atoms with van der Waals surface area (Å²) in [6.45, 7) is 4.33. The number of esters is 1. The molecule has 1 aromatic heterocycles. The average molecular weight is 280 g/mol. The van der Waals surface area contributed by atoms with Crippen LogP contribution in [0.15, 0.2) is 27.8 Å². The maximum Gasteiger partial charge on any atom is 0.338 e. The smallest absolute Gasteiger partial charge is 0.338 e. The van der Waals surface area contributed by atoms with Crippen molar-refractivity contribution in [3.8, 4) is 0 Å². The summed E-state index contributed by atoms with van der Waals surface area (Å²) in [5, 5.41) is 6.31. The first-order valence-electron chi connectivity index (χ1n) is 6.09. The van der Waals surface area contributed by atoms with Crippen LogP contribution in [0.25, 0.3) is 0 Å². The number of hydrogen-bond acceptors (Lipinski definition) is 4. The Morgan fingerprint density at radius 2 is 2.21 bits per heavy atom. The molecule has 0 saturated heterocycles. The Balaban J connectivity index is 1.94. The van der Waals surface area contributed by atoms with Crippen molar-refractivity contribution in [2.75, 3.05) is 6.54 Å². The van der Waals surface area contributed by atoms with Gasteiger partial charge >= 0.3 is 5.97 Å². The summed E-state index contributed by atoms with van der Waals surface area (Å²) >= 11 is 4.96. The zero-order valence-electron chi connectivity index (χ0n) is 10.9. The molecule has 0 radical (unpaired) electrons. The van der Waals surface area contributed by atoms with Gasteiger partial charge in [-0.2, -0.15) is 0 Å². The lowest BCUT2D eigenvalue weighted by Crippen LogP contribution is -2.42. The molecular formula is C13H16N2O3S. The first kappa shape index (κ1) is 13.6. The molecule has 102 valence electrons. The molecule has 6 heteroatoms. The molecule has 0 bridgehead atoms. The first-order chi connectivity index (χ1) is 9.10. The van der Waals surface area contributed by atoms with Gasteiger partial charge in [-0.05, 0) is 31.3 Å². The van der Waals surface area contributed by atoms with E-state index in [4.69, 9.17) is 21.4 Å². The van der Waals surface area contributed by atoms with Gasteiger partial charge in [0.25, 0.3) is 0 Å². The summed E-state index contributed by atoms with van der Waals surface area (Å²) in [7, 11) is 0. The van der Waals surface area contributed by atoms with Crippen LogP contribution in [0.4, 0.5) is 0 Å². The van der Waals surface area contributed by atoms with Crippen LogP contribution in [-0.2, 0) is 22.6 Å². The molecule has 2 heterocycles. The lowest BCUT2D eigenvalue weighted by molar-refractivity contribution is -0.141. The minimum absolute atomic E-state index is 0.139. The number of carbonyl (C=O) groups excluding carboxylic acids is 1. The topological polar surface area (TPSA) is 63.5 Å². The third-order valence-electron chi connectivity index (χ3n) is 2.84. The van der Waals surface area contributed by atoms with E-state index in [0.29, 0.717) is 23.0 Å². The number of nitrogens with one attached hydrogen (secondary N) is 2. The molecule has 0 saturated carbocycles. The Morgan fingerprint density at radius 1 is 1.47 bits per heavy atom. The van der Waals surface area contributed by atoms with E-state index in [1.165, 1.54) is 0 Å². The fourth-order valence-corrected chi connectivity index (χ4v) is 1.96. The predicted molar refractivity (Wildman–Crippen MR) is 74.3 cm³/mol. The van der Waals surface area contributed by atoms with Crippen LogP contribution in [0, 0.1) is 0 Å². The summed E-state index contributed by atoms with van der Waals surface area (Å²) in [5.41, 5.74) is 1.28. The Bertz CT molecular complexity index is 534. The van der Waals surface area contributed by atoms with Crippen molar-refractivity contribution in [2.24, 2.45) is 0 Å². The van der Waals surface area contributed by atoms with E-state index in [1.807, 2.05) is 19.1 Å². The number of hydrogen-bond donors (Lipinski definition) is 2. The van der Waals surface area contributed by atoms with E-state index in [0.717, 1.165) is 17.9 Å². The molecule has 19 heavy (non-hydrogen) atoms. The monoisotopic (exact) mass is 280 g/mol. The van der Waals surface area contributed by atoms with Crippen molar-refractivity contribution in [2.45, 2.75) is 26.9 Å². The van der Waals surface area contributed by atoms with Crippen molar-refractivity contribution in [1.29, 1.82) is 0 Å². The molecule has 0 fully saturated rings. The predicted octanol–water partition coefficient (Wildman–Crippen LogP) is 1.64. The van der Waals surface area contributed by atoms with Gasteiger partial charge in [0.05, 0.1) is 12.1 Å². The van der Waals surface area contributed by atoms with Gasteiger partial charge in [0.15, 0.2) is 5.11 Å². The van der Waals surface area contributed by atoms with Crippen molar-refractivity contribution < 1.29 is 13.9 Å². The second-order valence-electron chi connectivity index (χ2n) is 4.21.